The Labute approximate surface area is 75.6 Å². The molecule has 0 unspecified atom stereocenters. The Morgan fingerprint density at radius 3 is 2.85 bits per heavy atom. The summed E-state index contributed by atoms with van der Waals surface area (Å²) >= 11 is 0. The molecule has 0 atom stereocenters. The van der Waals surface area contributed by atoms with Gasteiger partial charge >= 0.3 is 0 Å². The van der Waals surface area contributed by atoms with Crippen LogP contribution in [0.4, 0.5) is 0 Å². The highest BCUT2D eigenvalue weighted by Gasteiger charge is 2.06. The van der Waals surface area contributed by atoms with Crippen LogP contribution in [-0.2, 0) is 6.54 Å². The van der Waals surface area contributed by atoms with Crippen LogP contribution in [0.15, 0.2) is 6.07 Å². The summed E-state index contributed by atoms with van der Waals surface area (Å²) < 4.78 is 1.87. The number of nitrogens with two attached hydrogens (primary N) is 1. The molecule has 0 aliphatic heterocycles. The van der Waals surface area contributed by atoms with E-state index in [-0.39, 0.29) is 0 Å². The molecule has 68 valence electrons. The lowest BCUT2D eigenvalue weighted by Gasteiger charge is -2.01. The van der Waals surface area contributed by atoms with Crippen molar-refractivity contribution in [2.24, 2.45) is 5.73 Å². The van der Waals surface area contributed by atoms with E-state index in [2.05, 4.69) is 15.2 Å². The highest BCUT2D eigenvalue weighted by atomic mass is 15.3. The summed E-state index contributed by atoms with van der Waals surface area (Å²) in [5.74, 6) is 1.37. The van der Waals surface area contributed by atoms with Gasteiger partial charge in [0, 0.05) is 11.4 Å². The maximum Gasteiger partial charge on any atom is 0.255 e. The number of aromatic nitrogens is 4. The topological polar surface area (TPSA) is 69.1 Å². The van der Waals surface area contributed by atoms with E-state index in [9.17, 15) is 0 Å². The van der Waals surface area contributed by atoms with Crippen molar-refractivity contribution in [1.82, 2.24) is 19.6 Å². The predicted molar refractivity (Wildman–Crippen MR) is 48.1 cm³/mol. The summed E-state index contributed by atoms with van der Waals surface area (Å²) in [7, 11) is 0. The van der Waals surface area contributed by atoms with Gasteiger partial charge in [-0.25, -0.2) is 4.98 Å². The van der Waals surface area contributed by atoms with Crippen molar-refractivity contribution in [2.75, 3.05) is 0 Å². The van der Waals surface area contributed by atoms with Crippen molar-refractivity contribution >= 4 is 5.78 Å². The highest BCUT2D eigenvalue weighted by Crippen LogP contribution is 2.06. The second kappa shape index (κ2) is 2.77. The van der Waals surface area contributed by atoms with Gasteiger partial charge in [-0.3, -0.25) is 4.40 Å². The Hall–Kier alpha value is -1.49. The number of fused-ring (bicyclic) bond motifs is 1. The van der Waals surface area contributed by atoms with Crippen molar-refractivity contribution in [2.45, 2.75) is 20.4 Å². The minimum atomic E-state index is 0.382. The fraction of sp³-hybridized carbons (Fsp3) is 0.375. The fourth-order valence-electron chi connectivity index (χ4n) is 1.43. The zero-order chi connectivity index (χ0) is 9.42. The van der Waals surface area contributed by atoms with E-state index >= 15 is 0 Å². The SMILES string of the molecule is Cc1cc(C)n2c(CN)nnc2n1. The lowest BCUT2D eigenvalue weighted by molar-refractivity contribution is 0.862. The van der Waals surface area contributed by atoms with Crippen LogP contribution in [0.25, 0.3) is 5.78 Å². The van der Waals surface area contributed by atoms with E-state index in [0.717, 1.165) is 17.2 Å². The summed E-state index contributed by atoms with van der Waals surface area (Å²) in [6, 6.07) is 1.98. The third kappa shape index (κ3) is 1.17. The van der Waals surface area contributed by atoms with Crippen LogP contribution in [0.1, 0.15) is 17.2 Å². The molecule has 2 aromatic rings. The maximum absolute atomic E-state index is 5.52. The molecule has 2 heterocycles. The Balaban J connectivity index is 2.82. The van der Waals surface area contributed by atoms with E-state index in [1.54, 1.807) is 0 Å². The van der Waals surface area contributed by atoms with Crippen molar-refractivity contribution in [3.8, 4) is 0 Å². The molecule has 0 amide bonds. The van der Waals surface area contributed by atoms with Gasteiger partial charge in [-0.05, 0) is 19.9 Å². The third-order valence-electron chi connectivity index (χ3n) is 1.94. The number of hydrogen-bond donors (Lipinski definition) is 1. The molecule has 0 bridgehead atoms. The zero-order valence-electron chi connectivity index (χ0n) is 7.65. The van der Waals surface area contributed by atoms with Crippen molar-refractivity contribution in [3.05, 3.63) is 23.3 Å². The molecule has 5 nitrogen and oxygen atoms in total. The molecule has 0 aromatic carbocycles. The Kier molecular flexibility index (Phi) is 1.73. The number of aryl methyl sites for hydroxylation is 2. The van der Waals surface area contributed by atoms with Gasteiger partial charge in [0.05, 0.1) is 6.54 Å². The first-order valence-corrected chi connectivity index (χ1v) is 4.10. The predicted octanol–water partition coefficient (Wildman–Crippen LogP) is 0.200. The molecule has 2 rings (SSSR count). The second-order valence-corrected chi connectivity index (χ2v) is 2.99. The molecule has 0 spiro atoms. The van der Waals surface area contributed by atoms with E-state index in [1.807, 2.05) is 24.3 Å². The van der Waals surface area contributed by atoms with Crippen LogP contribution in [-0.4, -0.2) is 19.6 Å². The molecular weight excluding hydrogens is 166 g/mol. The molecular formula is C8H11N5. The average Bonchev–Trinajstić information content (AvgIpc) is 2.47. The van der Waals surface area contributed by atoms with Gasteiger partial charge < -0.3 is 5.73 Å². The molecule has 0 fully saturated rings. The zero-order valence-corrected chi connectivity index (χ0v) is 7.65. The van der Waals surface area contributed by atoms with Gasteiger partial charge in [0.2, 0.25) is 0 Å². The molecule has 0 saturated carbocycles. The van der Waals surface area contributed by atoms with E-state index in [0.29, 0.717) is 12.3 Å². The average molecular weight is 177 g/mol. The van der Waals surface area contributed by atoms with Crippen LogP contribution < -0.4 is 5.73 Å². The monoisotopic (exact) mass is 177 g/mol. The summed E-state index contributed by atoms with van der Waals surface area (Å²) in [5, 5.41) is 7.87. The smallest absolute Gasteiger partial charge is 0.255 e. The van der Waals surface area contributed by atoms with E-state index < -0.39 is 0 Å². The van der Waals surface area contributed by atoms with Crippen molar-refractivity contribution in [1.29, 1.82) is 0 Å². The van der Waals surface area contributed by atoms with Gasteiger partial charge in [0.25, 0.3) is 5.78 Å². The largest absolute Gasteiger partial charge is 0.324 e. The number of hydrogen-bond acceptors (Lipinski definition) is 4. The standard InChI is InChI=1S/C8H11N5/c1-5-3-6(2)13-7(4-9)11-12-8(13)10-5/h3H,4,9H2,1-2H3. The van der Waals surface area contributed by atoms with Crippen LogP contribution in [0.5, 0.6) is 0 Å². The van der Waals surface area contributed by atoms with E-state index in [1.165, 1.54) is 0 Å². The minimum absolute atomic E-state index is 0.382. The molecule has 13 heavy (non-hydrogen) atoms. The Bertz CT molecular complexity index is 445. The second-order valence-electron chi connectivity index (χ2n) is 2.99. The summed E-state index contributed by atoms with van der Waals surface area (Å²) in [4.78, 5) is 4.24. The van der Waals surface area contributed by atoms with Crippen LogP contribution in [0.3, 0.4) is 0 Å². The maximum atomic E-state index is 5.52. The van der Waals surface area contributed by atoms with Crippen molar-refractivity contribution in [3.63, 3.8) is 0 Å². The third-order valence-corrected chi connectivity index (χ3v) is 1.94. The lowest BCUT2D eigenvalue weighted by atomic mass is 10.3. The Morgan fingerprint density at radius 2 is 2.15 bits per heavy atom. The minimum Gasteiger partial charge on any atom is -0.324 e. The van der Waals surface area contributed by atoms with Crippen molar-refractivity contribution < 1.29 is 0 Å². The first-order valence-electron chi connectivity index (χ1n) is 4.10. The van der Waals surface area contributed by atoms with Gasteiger partial charge in [0.15, 0.2) is 5.82 Å². The summed E-state index contributed by atoms with van der Waals surface area (Å²) in [6.45, 7) is 4.31. The summed E-state index contributed by atoms with van der Waals surface area (Å²) in [5.41, 5.74) is 7.52. The number of nitrogens with zero attached hydrogens (tertiary/aromatic N) is 4. The van der Waals surface area contributed by atoms with Crippen LogP contribution >= 0.6 is 0 Å². The molecule has 0 saturated heterocycles. The van der Waals surface area contributed by atoms with Crippen LogP contribution in [0, 0.1) is 13.8 Å². The number of rotatable bonds is 1. The molecule has 0 radical (unpaired) electrons. The first kappa shape index (κ1) is 8.12. The highest BCUT2D eigenvalue weighted by molar-refractivity contribution is 5.32. The van der Waals surface area contributed by atoms with Gasteiger partial charge in [-0.2, -0.15) is 0 Å². The van der Waals surface area contributed by atoms with Gasteiger partial charge in [-0.1, -0.05) is 0 Å². The molecule has 0 aliphatic carbocycles. The quantitative estimate of drug-likeness (QED) is 0.675. The van der Waals surface area contributed by atoms with Gasteiger partial charge in [-0.15, -0.1) is 10.2 Å². The molecule has 0 aliphatic rings. The lowest BCUT2D eigenvalue weighted by Crippen LogP contribution is -2.05. The first-order chi connectivity index (χ1) is 6.22. The van der Waals surface area contributed by atoms with Gasteiger partial charge in [0.1, 0.15) is 0 Å². The molecule has 2 aromatic heterocycles. The fourth-order valence-corrected chi connectivity index (χ4v) is 1.43. The van der Waals surface area contributed by atoms with E-state index in [4.69, 9.17) is 5.73 Å². The summed E-state index contributed by atoms with van der Waals surface area (Å²) in [6.07, 6.45) is 0. The van der Waals surface area contributed by atoms with Crippen LogP contribution in [0.2, 0.25) is 0 Å². The molecule has 2 N–H and O–H groups in total. The molecule has 5 heteroatoms. The normalized spacial score (nSPS) is 11.0. The Morgan fingerprint density at radius 1 is 1.38 bits per heavy atom.